The first kappa shape index (κ1) is 26.3. The first-order chi connectivity index (χ1) is 14.6. The molecule has 0 heterocycles. The van der Waals surface area contributed by atoms with E-state index in [0.29, 0.717) is 13.2 Å². The van der Waals surface area contributed by atoms with E-state index >= 15 is 0 Å². The van der Waals surface area contributed by atoms with Crippen molar-refractivity contribution >= 4 is 23.5 Å². The third-order valence-electron chi connectivity index (χ3n) is 3.82. The number of alkyl halides is 3. The summed E-state index contributed by atoms with van der Waals surface area (Å²) in [6, 6.07) is 15.7. The summed E-state index contributed by atoms with van der Waals surface area (Å²) in [5, 5.41) is 19.5. The smallest absolute Gasteiger partial charge is 0.489 e. The zero-order chi connectivity index (χ0) is 23.3. The number of carbonyl (C=O) groups is 2. The number of hydrogen-bond acceptors (Lipinski definition) is 4. The lowest BCUT2D eigenvalue weighted by Crippen LogP contribution is -2.21. The number of benzene rings is 2. The van der Waals surface area contributed by atoms with Gasteiger partial charge in [-0.1, -0.05) is 35.9 Å². The zero-order valence-corrected chi connectivity index (χ0v) is 17.2. The van der Waals surface area contributed by atoms with Crippen LogP contribution in [0.3, 0.4) is 0 Å². The van der Waals surface area contributed by atoms with Gasteiger partial charge in [-0.2, -0.15) is 13.2 Å². The van der Waals surface area contributed by atoms with Gasteiger partial charge < -0.3 is 20.3 Å². The van der Waals surface area contributed by atoms with Crippen LogP contribution in [0.5, 0.6) is 5.75 Å². The Morgan fingerprint density at radius 3 is 2.00 bits per heavy atom. The molecule has 0 saturated carbocycles. The van der Waals surface area contributed by atoms with Crippen molar-refractivity contribution in [1.29, 1.82) is 0 Å². The first-order valence-electron chi connectivity index (χ1n) is 9.26. The van der Waals surface area contributed by atoms with Crippen molar-refractivity contribution < 1.29 is 37.7 Å². The second-order valence-electron chi connectivity index (χ2n) is 6.36. The van der Waals surface area contributed by atoms with Crippen LogP contribution in [-0.2, 0) is 22.6 Å². The van der Waals surface area contributed by atoms with Gasteiger partial charge in [0.05, 0.1) is 6.42 Å². The SMILES string of the molecule is O=C(O)C(F)(F)F.O=C(O)CCNCCCc1ccc(OCc2ccc(Cl)cc2)cc1. The Hall–Kier alpha value is -2.78. The second-order valence-corrected chi connectivity index (χ2v) is 6.80. The second kappa shape index (κ2) is 13.5. The van der Waals surface area contributed by atoms with E-state index in [0.717, 1.165) is 35.7 Å². The molecule has 0 amide bonds. The normalized spacial score (nSPS) is 10.7. The lowest BCUT2D eigenvalue weighted by atomic mass is 10.1. The molecule has 0 unspecified atom stereocenters. The van der Waals surface area contributed by atoms with Gasteiger partial charge in [-0.3, -0.25) is 4.79 Å². The maximum atomic E-state index is 10.6. The zero-order valence-electron chi connectivity index (χ0n) is 16.5. The van der Waals surface area contributed by atoms with Crippen LogP contribution in [0.25, 0.3) is 0 Å². The molecule has 2 rings (SSSR count). The number of nitrogens with one attached hydrogen (secondary N) is 1. The number of aryl methyl sites for hydroxylation is 1. The molecule has 0 saturated heterocycles. The van der Waals surface area contributed by atoms with Crippen LogP contribution in [-0.4, -0.2) is 41.4 Å². The lowest BCUT2D eigenvalue weighted by molar-refractivity contribution is -0.192. The number of carboxylic acid groups (broad SMARTS) is 2. The van der Waals surface area contributed by atoms with E-state index in [-0.39, 0.29) is 6.42 Å². The van der Waals surface area contributed by atoms with E-state index in [1.165, 1.54) is 5.56 Å². The van der Waals surface area contributed by atoms with Crippen LogP contribution >= 0.6 is 11.6 Å². The Morgan fingerprint density at radius 2 is 1.48 bits per heavy atom. The van der Waals surface area contributed by atoms with Crippen LogP contribution in [0, 0.1) is 0 Å². The van der Waals surface area contributed by atoms with Crippen LogP contribution in [0.15, 0.2) is 48.5 Å². The molecular formula is C21H23ClF3NO5. The van der Waals surface area contributed by atoms with Gasteiger partial charge in [0.15, 0.2) is 0 Å². The number of rotatable bonds is 10. The predicted octanol–water partition coefficient (Wildman–Crippen LogP) is 4.55. The van der Waals surface area contributed by atoms with E-state index < -0.39 is 18.1 Å². The molecule has 0 bridgehead atoms. The molecule has 170 valence electrons. The summed E-state index contributed by atoms with van der Waals surface area (Å²) in [7, 11) is 0. The highest BCUT2D eigenvalue weighted by Gasteiger charge is 2.38. The Morgan fingerprint density at radius 1 is 0.935 bits per heavy atom. The fourth-order valence-electron chi connectivity index (χ4n) is 2.24. The molecule has 0 aliphatic rings. The van der Waals surface area contributed by atoms with Crippen molar-refractivity contribution in [2.24, 2.45) is 0 Å². The van der Waals surface area contributed by atoms with E-state index in [9.17, 15) is 18.0 Å². The Kier molecular flexibility index (Phi) is 11.4. The predicted molar refractivity (Wildman–Crippen MR) is 109 cm³/mol. The van der Waals surface area contributed by atoms with Crippen molar-refractivity contribution in [3.05, 3.63) is 64.7 Å². The van der Waals surface area contributed by atoms with Gasteiger partial charge in [-0.25, -0.2) is 4.79 Å². The van der Waals surface area contributed by atoms with Crippen molar-refractivity contribution in [2.45, 2.75) is 32.0 Å². The maximum Gasteiger partial charge on any atom is 0.490 e. The molecule has 0 radical (unpaired) electrons. The van der Waals surface area contributed by atoms with Crippen LogP contribution in [0.2, 0.25) is 5.02 Å². The van der Waals surface area contributed by atoms with Crippen LogP contribution in [0.4, 0.5) is 13.2 Å². The fraction of sp³-hybridized carbons (Fsp3) is 0.333. The van der Waals surface area contributed by atoms with E-state index in [2.05, 4.69) is 17.4 Å². The summed E-state index contributed by atoms with van der Waals surface area (Å²) >= 11 is 5.86. The van der Waals surface area contributed by atoms with Crippen molar-refractivity contribution in [1.82, 2.24) is 5.32 Å². The molecular weight excluding hydrogens is 439 g/mol. The molecule has 0 fully saturated rings. The average Bonchev–Trinajstić information content (AvgIpc) is 2.70. The Bertz CT molecular complexity index is 811. The largest absolute Gasteiger partial charge is 0.490 e. The van der Waals surface area contributed by atoms with Crippen molar-refractivity contribution in [3.8, 4) is 5.75 Å². The van der Waals surface area contributed by atoms with Gasteiger partial charge in [-0.15, -0.1) is 0 Å². The quantitative estimate of drug-likeness (QED) is 0.449. The molecule has 10 heteroatoms. The fourth-order valence-corrected chi connectivity index (χ4v) is 2.36. The van der Waals surface area contributed by atoms with Crippen LogP contribution in [0.1, 0.15) is 24.0 Å². The molecule has 31 heavy (non-hydrogen) atoms. The summed E-state index contributed by atoms with van der Waals surface area (Å²) in [5.74, 6) is -2.68. The molecule has 0 aromatic heterocycles. The molecule has 0 spiro atoms. The number of ether oxygens (including phenoxy) is 1. The Balaban J connectivity index is 0.000000592. The molecule has 3 N–H and O–H groups in total. The first-order valence-corrected chi connectivity index (χ1v) is 9.64. The lowest BCUT2D eigenvalue weighted by Gasteiger charge is -2.08. The third-order valence-corrected chi connectivity index (χ3v) is 4.07. The standard InChI is InChI=1S/C19H22ClNO3.C2HF3O2/c20-17-7-3-16(4-8-17)14-24-18-9-5-15(6-10-18)2-1-12-21-13-11-19(22)23;3-2(4,5)1(6)7/h3-10,21H,1-2,11-14H2,(H,22,23);(H,6,7). The molecule has 2 aromatic rings. The number of carboxylic acids is 2. The summed E-state index contributed by atoms with van der Waals surface area (Å²) < 4.78 is 37.5. The van der Waals surface area contributed by atoms with Crippen molar-refractivity contribution in [3.63, 3.8) is 0 Å². The number of halogens is 4. The van der Waals surface area contributed by atoms with Crippen molar-refractivity contribution in [2.75, 3.05) is 13.1 Å². The minimum Gasteiger partial charge on any atom is -0.489 e. The minimum absolute atomic E-state index is 0.166. The van der Waals surface area contributed by atoms with E-state index in [1.54, 1.807) is 0 Å². The van der Waals surface area contributed by atoms with Gasteiger partial charge in [0.2, 0.25) is 0 Å². The van der Waals surface area contributed by atoms with E-state index in [4.69, 9.17) is 31.3 Å². The van der Waals surface area contributed by atoms with Gasteiger partial charge in [-0.05, 0) is 54.8 Å². The summed E-state index contributed by atoms with van der Waals surface area (Å²) in [6.07, 6.45) is -2.98. The number of aliphatic carboxylic acids is 2. The maximum absolute atomic E-state index is 10.6. The highest BCUT2D eigenvalue weighted by atomic mass is 35.5. The molecule has 0 atom stereocenters. The number of hydrogen-bond donors (Lipinski definition) is 3. The highest BCUT2D eigenvalue weighted by molar-refractivity contribution is 6.30. The molecule has 0 aliphatic heterocycles. The van der Waals surface area contributed by atoms with Gasteiger partial charge >= 0.3 is 18.1 Å². The van der Waals surface area contributed by atoms with E-state index in [1.807, 2.05) is 36.4 Å². The summed E-state index contributed by atoms with van der Waals surface area (Å²) in [5.41, 5.74) is 2.32. The third kappa shape index (κ3) is 12.5. The van der Waals surface area contributed by atoms with Gasteiger partial charge in [0.25, 0.3) is 0 Å². The summed E-state index contributed by atoms with van der Waals surface area (Å²) in [6.45, 7) is 1.86. The molecule has 6 nitrogen and oxygen atoms in total. The molecule has 0 aliphatic carbocycles. The van der Waals surface area contributed by atoms with Crippen LogP contribution < -0.4 is 10.1 Å². The average molecular weight is 462 g/mol. The minimum atomic E-state index is -5.08. The molecule has 2 aromatic carbocycles. The Labute approximate surface area is 182 Å². The van der Waals surface area contributed by atoms with Gasteiger partial charge in [0, 0.05) is 11.6 Å². The highest BCUT2D eigenvalue weighted by Crippen LogP contribution is 2.16. The summed E-state index contributed by atoms with van der Waals surface area (Å²) in [4.78, 5) is 19.3. The topological polar surface area (TPSA) is 95.9 Å². The van der Waals surface area contributed by atoms with Gasteiger partial charge in [0.1, 0.15) is 12.4 Å². The monoisotopic (exact) mass is 461 g/mol.